The fourth-order valence-electron chi connectivity index (χ4n) is 1.78. The Bertz CT molecular complexity index is 582. The molecule has 0 saturated carbocycles. The number of methoxy groups -OCH3 is 2. The van der Waals surface area contributed by atoms with Crippen molar-refractivity contribution in [3.05, 3.63) is 52.3 Å². The van der Waals surface area contributed by atoms with Gasteiger partial charge in [0.1, 0.15) is 17.3 Å². The molecule has 0 radical (unpaired) electrons. The molecule has 2 aromatic carbocycles. The Morgan fingerprint density at radius 2 is 1.70 bits per heavy atom. The van der Waals surface area contributed by atoms with Crippen molar-refractivity contribution in [2.45, 2.75) is 6.54 Å². The van der Waals surface area contributed by atoms with E-state index in [4.69, 9.17) is 9.47 Å². The van der Waals surface area contributed by atoms with Crippen molar-refractivity contribution in [1.29, 1.82) is 0 Å². The minimum absolute atomic E-state index is 0.293. The Hall–Kier alpha value is -1.75. The van der Waals surface area contributed by atoms with Crippen molar-refractivity contribution in [3.8, 4) is 11.5 Å². The third-order valence-corrected chi connectivity index (χ3v) is 3.47. The maximum atomic E-state index is 13.4. The molecule has 0 atom stereocenters. The molecule has 0 fully saturated rings. The van der Waals surface area contributed by atoms with Crippen LogP contribution in [0, 0.1) is 5.82 Å². The normalized spacial score (nSPS) is 10.2. The van der Waals surface area contributed by atoms with Gasteiger partial charge in [-0.05, 0) is 51.8 Å². The number of nitrogens with one attached hydrogen (secondary N) is 1. The number of rotatable bonds is 5. The lowest BCUT2D eigenvalue weighted by Crippen LogP contribution is -2.01. The van der Waals surface area contributed by atoms with E-state index in [2.05, 4.69) is 21.2 Å². The minimum Gasteiger partial charge on any atom is -0.497 e. The lowest BCUT2D eigenvalue weighted by molar-refractivity contribution is 0.393. The second kappa shape index (κ2) is 6.61. The van der Waals surface area contributed by atoms with Gasteiger partial charge in [0.25, 0.3) is 0 Å². The minimum atomic E-state index is -0.293. The molecule has 0 bridgehead atoms. The third kappa shape index (κ3) is 3.63. The lowest BCUT2D eigenvalue weighted by Gasteiger charge is -2.10. The third-order valence-electron chi connectivity index (χ3n) is 2.83. The van der Waals surface area contributed by atoms with E-state index in [1.165, 1.54) is 6.07 Å². The Morgan fingerprint density at radius 3 is 2.25 bits per heavy atom. The zero-order valence-corrected chi connectivity index (χ0v) is 12.8. The molecular weight excluding hydrogens is 325 g/mol. The Labute approximate surface area is 125 Å². The van der Waals surface area contributed by atoms with E-state index >= 15 is 0 Å². The van der Waals surface area contributed by atoms with E-state index in [9.17, 15) is 4.39 Å². The summed E-state index contributed by atoms with van der Waals surface area (Å²) in [4.78, 5) is 0. The molecule has 0 aliphatic carbocycles. The largest absolute Gasteiger partial charge is 0.497 e. The van der Waals surface area contributed by atoms with Gasteiger partial charge in [0.2, 0.25) is 0 Å². The first-order chi connectivity index (χ1) is 9.62. The first-order valence-electron chi connectivity index (χ1n) is 6.03. The number of anilines is 1. The fourth-order valence-corrected chi connectivity index (χ4v) is 2.03. The average Bonchev–Trinajstić information content (AvgIpc) is 2.48. The Kier molecular flexibility index (Phi) is 4.84. The van der Waals surface area contributed by atoms with Gasteiger partial charge in [0.15, 0.2) is 0 Å². The monoisotopic (exact) mass is 339 g/mol. The maximum absolute atomic E-state index is 13.4. The summed E-state index contributed by atoms with van der Waals surface area (Å²) < 4.78 is 24.3. The second-order valence-corrected chi connectivity index (χ2v) is 5.06. The van der Waals surface area contributed by atoms with Crippen LogP contribution in [0.25, 0.3) is 0 Å². The Balaban J connectivity index is 2.11. The number of hydrogen-bond donors (Lipinski definition) is 1. The molecule has 0 heterocycles. The first-order valence-corrected chi connectivity index (χ1v) is 6.82. The van der Waals surface area contributed by atoms with Gasteiger partial charge in [-0.3, -0.25) is 0 Å². The number of hydrogen-bond acceptors (Lipinski definition) is 3. The molecule has 0 aromatic heterocycles. The van der Waals surface area contributed by atoms with Gasteiger partial charge in [0, 0.05) is 18.3 Å². The summed E-state index contributed by atoms with van der Waals surface area (Å²) in [6, 6.07) is 10.5. The van der Waals surface area contributed by atoms with Crippen LogP contribution in [-0.4, -0.2) is 14.2 Å². The molecule has 0 aliphatic rings. The van der Waals surface area contributed by atoms with E-state index in [-0.39, 0.29) is 5.82 Å². The van der Waals surface area contributed by atoms with Gasteiger partial charge >= 0.3 is 0 Å². The SMILES string of the molecule is COc1cc(CNc2ccc(Br)c(F)c2)cc(OC)c1. The predicted molar refractivity (Wildman–Crippen MR) is 81.0 cm³/mol. The van der Waals surface area contributed by atoms with Gasteiger partial charge in [-0.15, -0.1) is 0 Å². The molecule has 0 unspecified atom stereocenters. The van der Waals surface area contributed by atoms with Gasteiger partial charge in [-0.1, -0.05) is 0 Å². The molecular formula is C15H15BrFNO2. The number of ether oxygens (including phenoxy) is 2. The summed E-state index contributed by atoms with van der Waals surface area (Å²) in [6.07, 6.45) is 0. The highest BCUT2D eigenvalue weighted by atomic mass is 79.9. The lowest BCUT2D eigenvalue weighted by atomic mass is 10.2. The zero-order valence-electron chi connectivity index (χ0n) is 11.2. The van der Waals surface area contributed by atoms with Crippen molar-refractivity contribution in [1.82, 2.24) is 0 Å². The molecule has 0 amide bonds. The van der Waals surface area contributed by atoms with Gasteiger partial charge in [-0.2, -0.15) is 0 Å². The van der Waals surface area contributed by atoms with Crippen LogP contribution in [0.4, 0.5) is 10.1 Å². The molecule has 2 aromatic rings. The van der Waals surface area contributed by atoms with Crippen LogP contribution in [0.15, 0.2) is 40.9 Å². The highest BCUT2D eigenvalue weighted by Gasteiger charge is 2.03. The van der Waals surface area contributed by atoms with E-state index in [1.807, 2.05) is 24.3 Å². The van der Waals surface area contributed by atoms with E-state index < -0.39 is 0 Å². The first kappa shape index (κ1) is 14.7. The smallest absolute Gasteiger partial charge is 0.139 e. The molecule has 106 valence electrons. The molecule has 20 heavy (non-hydrogen) atoms. The summed E-state index contributed by atoms with van der Waals surface area (Å²) >= 11 is 3.13. The van der Waals surface area contributed by atoms with Crippen molar-refractivity contribution >= 4 is 21.6 Å². The van der Waals surface area contributed by atoms with Crippen LogP contribution in [-0.2, 0) is 6.54 Å². The van der Waals surface area contributed by atoms with Crippen molar-refractivity contribution < 1.29 is 13.9 Å². The average molecular weight is 340 g/mol. The fraction of sp³-hybridized carbons (Fsp3) is 0.200. The topological polar surface area (TPSA) is 30.5 Å². The Morgan fingerprint density at radius 1 is 1.05 bits per heavy atom. The summed E-state index contributed by atoms with van der Waals surface area (Å²) in [5.41, 5.74) is 1.71. The summed E-state index contributed by atoms with van der Waals surface area (Å²) in [5.74, 6) is 1.16. The van der Waals surface area contributed by atoms with Crippen LogP contribution in [0.1, 0.15) is 5.56 Å². The number of halogens is 2. The van der Waals surface area contributed by atoms with Crippen molar-refractivity contribution in [2.75, 3.05) is 19.5 Å². The van der Waals surface area contributed by atoms with E-state index in [1.54, 1.807) is 20.3 Å². The van der Waals surface area contributed by atoms with E-state index in [0.717, 1.165) is 17.1 Å². The van der Waals surface area contributed by atoms with Crippen LogP contribution in [0.5, 0.6) is 11.5 Å². The second-order valence-electron chi connectivity index (χ2n) is 4.20. The molecule has 2 rings (SSSR count). The summed E-state index contributed by atoms with van der Waals surface area (Å²) in [7, 11) is 3.21. The molecule has 0 spiro atoms. The van der Waals surface area contributed by atoms with Crippen LogP contribution in [0.2, 0.25) is 0 Å². The van der Waals surface area contributed by atoms with Gasteiger partial charge in [-0.25, -0.2) is 4.39 Å². The predicted octanol–water partition coefficient (Wildman–Crippen LogP) is 4.22. The number of benzene rings is 2. The molecule has 0 aliphatic heterocycles. The van der Waals surface area contributed by atoms with Gasteiger partial charge < -0.3 is 14.8 Å². The summed E-state index contributed by atoms with van der Waals surface area (Å²) in [5, 5.41) is 3.16. The quantitative estimate of drug-likeness (QED) is 0.884. The van der Waals surface area contributed by atoms with Crippen molar-refractivity contribution in [3.63, 3.8) is 0 Å². The van der Waals surface area contributed by atoms with Gasteiger partial charge in [0.05, 0.1) is 18.7 Å². The highest BCUT2D eigenvalue weighted by molar-refractivity contribution is 9.10. The summed E-state index contributed by atoms with van der Waals surface area (Å²) in [6.45, 7) is 0.550. The highest BCUT2D eigenvalue weighted by Crippen LogP contribution is 2.24. The van der Waals surface area contributed by atoms with Crippen molar-refractivity contribution in [2.24, 2.45) is 0 Å². The van der Waals surface area contributed by atoms with Crippen LogP contribution >= 0.6 is 15.9 Å². The molecule has 1 N–H and O–H groups in total. The maximum Gasteiger partial charge on any atom is 0.139 e. The van der Waals surface area contributed by atoms with Crippen LogP contribution in [0.3, 0.4) is 0 Å². The van der Waals surface area contributed by atoms with Crippen LogP contribution < -0.4 is 14.8 Å². The molecule has 5 heteroatoms. The standard InChI is InChI=1S/C15H15BrFNO2/c1-19-12-5-10(6-13(8-12)20-2)9-18-11-3-4-14(16)15(17)7-11/h3-8,18H,9H2,1-2H3. The van der Waals surface area contributed by atoms with E-state index in [0.29, 0.717) is 16.7 Å². The molecule has 3 nitrogen and oxygen atoms in total. The zero-order chi connectivity index (χ0) is 14.5. The molecule has 0 saturated heterocycles.